The molecule has 2 bridgehead atoms. The lowest BCUT2D eigenvalue weighted by Crippen LogP contribution is -2.57. The van der Waals surface area contributed by atoms with Crippen LogP contribution in [-0.2, 0) is 0 Å². The zero-order valence-corrected chi connectivity index (χ0v) is 14.5. The number of nitrogens with one attached hydrogen (secondary N) is 2. The maximum Gasteiger partial charge on any atom is 0.170 e. The number of fused-ring (bicyclic) bond motifs is 2. The molecule has 0 amide bonds. The molecular formula is C18H26FN3S. The summed E-state index contributed by atoms with van der Waals surface area (Å²) in [5, 5.41) is 7.27. The van der Waals surface area contributed by atoms with Gasteiger partial charge in [-0.2, -0.15) is 0 Å². The van der Waals surface area contributed by atoms with E-state index in [1.54, 1.807) is 12.1 Å². The molecule has 0 radical (unpaired) electrons. The summed E-state index contributed by atoms with van der Waals surface area (Å²) in [6.07, 6.45) is 7.55. The zero-order valence-electron chi connectivity index (χ0n) is 13.7. The Hall–Kier alpha value is -1.20. The minimum Gasteiger partial charge on any atom is -0.360 e. The monoisotopic (exact) mass is 335 g/mol. The quantitative estimate of drug-likeness (QED) is 0.816. The molecule has 2 atom stereocenters. The molecule has 5 heteroatoms. The summed E-state index contributed by atoms with van der Waals surface area (Å²) in [6, 6.07) is 8.15. The van der Waals surface area contributed by atoms with Crippen molar-refractivity contribution in [1.29, 1.82) is 0 Å². The molecule has 2 heterocycles. The van der Waals surface area contributed by atoms with E-state index in [1.165, 1.54) is 57.2 Å². The Labute approximate surface area is 143 Å². The summed E-state index contributed by atoms with van der Waals surface area (Å²) < 4.78 is 12.9. The second-order valence-corrected chi connectivity index (χ2v) is 7.16. The van der Waals surface area contributed by atoms with Crippen LogP contribution in [0.2, 0.25) is 0 Å². The van der Waals surface area contributed by atoms with Crippen molar-refractivity contribution in [1.82, 2.24) is 10.2 Å². The van der Waals surface area contributed by atoms with Crippen LogP contribution in [0.25, 0.3) is 0 Å². The number of benzene rings is 1. The average Bonchev–Trinajstić information content (AvgIpc) is 2.50. The van der Waals surface area contributed by atoms with E-state index in [-0.39, 0.29) is 5.82 Å². The largest absolute Gasteiger partial charge is 0.360 e. The summed E-state index contributed by atoms with van der Waals surface area (Å²) in [4.78, 5) is 2.72. The number of rotatable bonds is 4. The molecule has 0 unspecified atom stereocenters. The summed E-state index contributed by atoms with van der Waals surface area (Å²) in [6.45, 7) is 3.49. The van der Waals surface area contributed by atoms with Gasteiger partial charge in [-0.05, 0) is 75.1 Å². The highest BCUT2D eigenvalue weighted by molar-refractivity contribution is 7.80. The van der Waals surface area contributed by atoms with E-state index in [1.807, 2.05) is 0 Å². The van der Waals surface area contributed by atoms with E-state index in [9.17, 15) is 4.39 Å². The van der Waals surface area contributed by atoms with E-state index in [4.69, 9.17) is 12.2 Å². The topological polar surface area (TPSA) is 27.3 Å². The average molecular weight is 335 g/mol. The van der Waals surface area contributed by atoms with Gasteiger partial charge in [0.15, 0.2) is 5.11 Å². The van der Waals surface area contributed by atoms with E-state index in [2.05, 4.69) is 22.5 Å². The number of hydrogen-bond acceptors (Lipinski definition) is 2. The molecule has 126 valence electrons. The highest BCUT2D eigenvalue weighted by Crippen LogP contribution is 2.34. The van der Waals surface area contributed by atoms with Gasteiger partial charge in [-0.1, -0.05) is 13.3 Å². The summed E-state index contributed by atoms with van der Waals surface area (Å²) >= 11 is 5.43. The molecule has 2 aliphatic rings. The standard InChI is InChI=1S/C18H26FN3S/c1-2-10-22-16-4-3-5-17(22)12-15(11-16)21-18(23)20-14-8-6-13(19)7-9-14/h6-9,15-17H,2-5,10-12H2,1H3,(H2,20,21,23)/t16-,17-/m1/s1. The van der Waals surface area contributed by atoms with Crippen molar-refractivity contribution in [2.45, 2.75) is 63.6 Å². The Balaban J connectivity index is 1.54. The van der Waals surface area contributed by atoms with Gasteiger partial charge in [0.2, 0.25) is 0 Å². The molecule has 0 aromatic heterocycles. The molecule has 2 saturated heterocycles. The molecule has 0 saturated carbocycles. The minimum absolute atomic E-state index is 0.231. The zero-order chi connectivity index (χ0) is 16.2. The lowest BCUT2D eigenvalue weighted by Gasteiger charge is -2.49. The van der Waals surface area contributed by atoms with E-state index >= 15 is 0 Å². The third-order valence-corrected chi connectivity index (χ3v) is 5.26. The minimum atomic E-state index is -0.231. The molecule has 2 N–H and O–H groups in total. The maximum absolute atomic E-state index is 12.9. The highest BCUT2D eigenvalue weighted by atomic mass is 32.1. The normalized spacial score (nSPS) is 27.5. The lowest BCUT2D eigenvalue weighted by atomic mass is 9.81. The first-order chi connectivity index (χ1) is 11.2. The van der Waals surface area contributed by atoms with Gasteiger partial charge in [0, 0.05) is 23.8 Å². The van der Waals surface area contributed by atoms with Crippen molar-refractivity contribution in [3.8, 4) is 0 Å². The fourth-order valence-corrected chi connectivity index (χ4v) is 4.39. The smallest absolute Gasteiger partial charge is 0.170 e. The maximum atomic E-state index is 12.9. The van der Waals surface area contributed by atoms with Crippen molar-refractivity contribution < 1.29 is 4.39 Å². The first-order valence-corrected chi connectivity index (χ1v) is 9.15. The third-order valence-electron chi connectivity index (χ3n) is 5.05. The summed E-state index contributed by atoms with van der Waals surface area (Å²) in [5.74, 6) is -0.231. The lowest BCUT2D eigenvalue weighted by molar-refractivity contribution is 0.0284. The fraction of sp³-hybridized carbons (Fsp3) is 0.611. The number of thiocarbonyl (C=S) groups is 1. The van der Waals surface area contributed by atoms with Crippen molar-refractivity contribution in [3.63, 3.8) is 0 Å². The first-order valence-electron chi connectivity index (χ1n) is 8.74. The number of piperidine rings is 2. The van der Waals surface area contributed by atoms with Gasteiger partial charge in [0.1, 0.15) is 5.82 Å². The van der Waals surface area contributed by atoms with Crippen LogP contribution in [-0.4, -0.2) is 34.7 Å². The third kappa shape index (κ3) is 4.21. The van der Waals surface area contributed by atoms with Crippen LogP contribution in [0.15, 0.2) is 24.3 Å². The van der Waals surface area contributed by atoms with Gasteiger partial charge in [-0.15, -0.1) is 0 Å². The van der Waals surface area contributed by atoms with Crippen LogP contribution < -0.4 is 10.6 Å². The van der Waals surface area contributed by atoms with Gasteiger partial charge in [-0.25, -0.2) is 4.39 Å². The molecule has 0 spiro atoms. The molecule has 2 aliphatic heterocycles. The van der Waals surface area contributed by atoms with Gasteiger partial charge in [-0.3, -0.25) is 4.90 Å². The van der Waals surface area contributed by atoms with E-state index < -0.39 is 0 Å². The molecule has 1 aromatic carbocycles. The first kappa shape index (κ1) is 16.7. The molecule has 3 rings (SSSR count). The van der Waals surface area contributed by atoms with E-state index in [0.29, 0.717) is 23.2 Å². The fourth-order valence-electron chi connectivity index (χ4n) is 4.11. The predicted octanol–water partition coefficient (Wildman–Crippen LogP) is 3.91. The molecular weight excluding hydrogens is 309 g/mol. The highest BCUT2D eigenvalue weighted by Gasteiger charge is 2.37. The van der Waals surface area contributed by atoms with Crippen LogP contribution in [0.1, 0.15) is 45.4 Å². The van der Waals surface area contributed by atoms with Crippen LogP contribution in [0.3, 0.4) is 0 Å². The van der Waals surface area contributed by atoms with Gasteiger partial charge >= 0.3 is 0 Å². The number of anilines is 1. The SMILES string of the molecule is CCCN1[C@@H]2CCC[C@@H]1CC(NC(=S)Nc1ccc(F)cc1)C2. The van der Waals surface area contributed by atoms with Crippen LogP contribution in [0.4, 0.5) is 10.1 Å². The van der Waals surface area contributed by atoms with E-state index in [0.717, 1.165) is 5.69 Å². The number of nitrogens with zero attached hydrogens (tertiary/aromatic N) is 1. The van der Waals surface area contributed by atoms with Crippen molar-refractivity contribution in [2.24, 2.45) is 0 Å². The van der Waals surface area contributed by atoms with Crippen LogP contribution in [0.5, 0.6) is 0 Å². The van der Waals surface area contributed by atoms with Crippen molar-refractivity contribution in [2.75, 3.05) is 11.9 Å². The Morgan fingerprint density at radius 1 is 1.22 bits per heavy atom. The Bertz CT molecular complexity index is 520. The molecule has 2 fully saturated rings. The van der Waals surface area contributed by atoms with Crippen LogP contribution in [0, 0.1) is 5.82 Å². The Morgan fingerprint density at radius 2 is 1.87 bits per heavy atom. The molecule has 1 aromatic rings. The van der Waals surface area contributed by atoms with Gasteiger partial charge in [0.05, 0.1) is 0 Å². The summed E-state index contributed by atoms with van der Waals surface area (Å²) in [7, 11) is 0. The molecule has 0 aliphatic carbocycles. The van der Waals surface area contributed by atoms with Gasteiger partial charge in [0.25, 0.3) is 0 Å². The Morgan fingerprint density at radius 3 is 2.48 bits per heavy atom. The second-order valence-electron chi connectivity index (χ2n) is 6.75. The van der Waals surface area contributed by atoms with Gasteiger partial charge < -0.3 is 10.6 Å². The predicted molar refractivity (Wildman–Crippen MR) is 97.2 cm³/mol. The molecule has 23 heavy (non-hydrogen) atoms. The number of hydrogen-bond donors (Lipinski definition) is 2. The Kier molecular flexibility index (Phi) is 5.49. The molecule has 3 nitrogen and oxygen atoms in total. The summed E-state index contributed by atoms with van der Waals surface area (Å²) in [5.41, 5.74) is 0.826. The second kappa shape index (κ2) is 7.58. The number of halogens is 1. The van der Waals surface area contributed by atoms with Crippen molar-refractivity contribution >= 4 is 23.0 Å². The van der Waals surface area contributed by atoms with Crippen molar-refractivity contribution in [3.05, 3.63) is 30.1 Å². The van der Waals surface area contributed by atoms with Crippen LogP contribution >= 0.6 is 12.2 Å².